The third-order valence-corrected chi connectivity index (χ3v) is 2.48. The van der Waals surface area contributed by atoms with Crippen LogP contribution in [-0.2, 0) is 11.2 Å². The Kier molecular flexibility index (Phi) is 4.78. The summed E-state index contributed by atoms with van der Waals surface area (Å²) in [4.78, 5) is 10.4. The number of nitrogens with two attached hydrogens (primary N) is 1. The Bertz CT molecular complexity index is 392. The highest BCUT2D eigenvalue weighted by atomic mass is 16.5. The fraction of sp³-hybridized carbons (Fsp3) is 0.417. The van der Waals surface area contributed by atoms with Crippen molar-refractivity contribution >= 4 is 5.97 Å². The van der Waals surface area contributed by atoms with Crippen LogP contribution in [0.25, 0.3) is 0 Å². The summed E-state index contributed by atoms with van der Waals surface area (Å²) in [7, 11) is 1.48. The number of carbonyl (C=O) groups is 1. The van der Waals surface area contributed by atoms with Gasteiger partial charge in [0, 0.05) is 6.04 Å². The molecule has 0 bridgehead atoms. The van der Waals surface area contributed by atoms with Crippen molar-refractivity contribution in [2.45, 2.75) is 25.3 Å². The van der Waals surface area contributed by atoms with Crippen molar-refractivity contribution in [1.29, 1.82) is 0 Å². The summed E-state index contributed by atoms with van der Waals surface area (Å²) in [5, 5.41) is 18.0. The monoisotopic (exact) mass is 239 g/mol. The summed E-state index contributed by atoms with van der Waals surface area (Å²) in [5.74, 6) is -0.388. The van der Waals surface area contributed by atoms with Gasteiger partial charge in [-0.15, -0.1) is 0 Å². The van der Waals surface area contributed by atoms with Crippen molar-refractivity contribution in [3.63, 3.8) is 0 Å². The predicted molar refractivity (Wildman–Crippen MR) is 63.2 cm³/mol. The van der Waals surface area contributed by atoms with Crippen molar-refractivity contribution in [3.05, 3.63) is 23.8 Å². The van der Waals surface area contributed by atoms with Gasteiger partial charge in [-0.2, -0.15) is 0 Å². The lowest BCUT2D eigenvalue weighted by atomic mass is 10.0. The maximum atomic E-state index is 10.4. The van der Waals surface area contributed by atoms with Crippen LogP contribution in [0.3, 0.4) is 0 Å². The molecular weight excluding hydrogens is 222 g/mol. The van der Waals surface area contributed by atoms with Crippen molar-refractivity contribution in [3.8, 4) is 11.5 Å². The van der Waals surface area contributed by atoms with Crippen LogP contribution >= 0.6 is 0 Å². The number of benzene rings is 1. The lowest BCUT2D eigenvalue weighted by Crippen LogP contribution is -2.24. The van der Waals surface area contributed by atoms with Gasteiger partial charge in [-0.25, -0.2) is 0 Å². The summed E-state index contributed by atoms with van der Waals surface area (Å²) in [6.45, 7) is 0. The van der Waals surface area contributed by atoms with Crippen LogP contribution in [0, 0.1) is 0 Å². The standard InChI is InChI=1S/C12H17NO4/c1-17-11-6-8(3-5-10(11)14)2-4-9(13)7-12(15)16/h3,5-6,9,14H,2,4,7,13H2,1H3,(H,15,16). The van der Waals surface area contributed by atoms with Gasteiger partial charge >= 0.3 is 5.97 Å². The van der Waals surface area contributed by atoms with Crippen LogP contribution in [0.5, 0.6) is 11.5 Å². The minimum atomic E-state index is -0.888. The minimum absolute atomic E-state index is 0.0325. The molecule has 1 aromatic carbocycles. The fourth-order valence-electron chi connectivity index (χ4n) is 1.56. The normalized spacial score (nSPS) is 12.1. The molecule has 5 heteroatoms. The van der Waals surface area contributed by atoms with Gasteiger partial charge < -0.3 is 20.7 Å². The smallest absolute Gasteiger partial charge is 0.304 e. The summed E-state index contributed by atoms with van der Waals surface area (Å²) in [6.07, 6.45) is 1.21. The van der Waals surface area contributed by atoms with Crippen LogP contribution in [-0.4, -0.2) is 29.3 Å². The first-order valence-corrected chi connectivity index (χ1v) is 5.36. The number of hydrogen-bond acceptors (Lipinski definition) is 4. The molecule has 1 unspecified atom stereocenters. The van der Waals surface area contributed by atoms with Gasteiger partial charge in [-0.3, -0.25) is 4.79 Å². The minimum Gasteiger partial charge on any atom is -0.504 e. The Morgan fingerprint density at radius 1 is 1.53 bits per heavy atom. The summed E-state index contributed by atoms with van der Waals surface area (Å²) < 4.78 is 4.98. The predicted octanol–water partition coefficient (Wildman–Crippen LogP) is 1.14. The van der Waals surface area contributed by atoms with E-state index in [-0.39, 0.29) is 18.2 Å². The van der Waals surface area contributed by atoms with Crippen LogP contribution in [0.1, 0.15) is 18.4 Å². The maximum absolute atomic E-state index is 10.4. The first-order valence-electron chi connectivity index (χ1n) is 5.36. The molecule has 0 aromatic heterocycles. The molecule has 1 atom stereocenters. The van der Waals surface area contributed by atoms with Gasteiger partial charge in [0.15, 0.2) is 11.5 Å². The molecular formula is C12H17NO4. The number of aliphatic carboxylic acids is 1. The third-order valence-electron chi connectivity index (χ3n) is 2.48. The van der Waals surface area contributed by atoms with Gasteiger partial charge in [-0.1, -0.05) is 6.07 Å². The fourth-order valence-corrected chi connectivity index (χ4v) is 1.56. The van der Waals surface area contributed by atoms with E-state index in [1.807, 2.05) is 0 Å². The van der Waals surface area contributed by atoms with Gasteiger partial charge in [0.05, 0.1) is 13.5 Å². The maximum Gasteiger partial charge on any atom is 0.304 e. The van der Waals surface area contributed by atoms with Crippen molar-refractivity contribution in [1.82, 2.24) is 0 Å². The van der Waals surface area contributed by atoms with E-state index in [1.54, 1.807) is 18.2 Å². The second-order valence-corrected chi connectivity index (χ2v) is 3.90. The SMILES string of the molecule is COc1cc(CCC(N)CC(=O)O)ccc1O. The van der Waals surface area contributed by atoms with Crippen LogP contribution < -0.4 is 10.5 Å². The number of carboxylic acid groups (broad SMARTS) is 1. The highest BCUT2D eigenvalue weighted by molar-refractivity contribution is 5.67. The van der Waals surface area contributed by atoms with Crippen LogP contribution in [0.2, 0.25) is 0 Å². The van der Waals surface area contributed by atoms with E-state index in [4.69, 9.17) is 15.6 Å². The number of phenols is 1. The van der Waals surface area contributed by atoms with E-state index in [2.05, 4.69) is 0 Å². The van der Waals surface area contributed by atoms with Crippen molar-refractivity contribution in [2.75, 3.05) is 7.11 Å². The zero-order chi connectivity index (χ0) is 12.8. The Balaban J connectivity index is 2.54. The molecule has 1 aromatic rings. The third kappa shape index (κ3) is 4.32. The topological polar surface area (TPSA) is 92.8 Å². The van der Waals surface area contributed by atoms with E-state index < -0.39 is 5.97 Å². The summed E-state index contributed by atoms with van der Waals surface area (Å²) >= 11 is 0. The molecule has 0 radical (unpaired) electrons. The van der Waals surface area contributed by atoms with Crippen molar-refractivity contribution < 1.29 is 19.7 Å². The number of carboxylic acids is 1. The second-order valence-electron chi connectivity index (χ2n) is 3.90. The molecule has 1 rings (SSSR count). The van der Waals surface area contributed by atoms with Gasteiger partial charge in [-0.05, 0) is 30.5 Å². The molecule has 0 aliphatic heterocycles. The highest BCUT2D eigenvalue weighted by Gasteiger charge is 2.09. The highest BCUT2D eigenvalue weighted by Crippen LogP contribution is 2.26. The number of aryl methyl sites for hydroxylation is 1. The van der Waals surface area contributed by atoms with E-state index >= 15 is 0 Å². The second kappa shape index (κ2) is 6.10. The van der Waals surface area contributed by atoms with E-state index in [1.165, 1.54) is 7.11 Å². The molecule has 0 saturated heterocycles. The average Bonchev–Trinajstić information content (AvgIpc) is 2.27. The summed E-state index contributed by atoms with van der Waals surface area (Å²) in [6, 6.07) is 4.69. The molecule has 94 valence electrons. The Morgan fingerprint density at radius 3 is 2.82 bits per heavy atom. The van der Waals surface area contributed by atoms with E-state index in [0.717, 1.165) is 5.56 Å². The average molecular weight is 239 g/mol. The molecule has 0 heterocycles. The number of phenolic OH excluding ortho intramolecular Hbond substituents is 1. The molecule has 0 fully saturated rings. The molecule has 0 aliphatic carbocycles. The Hall–Kier alpha value is -1.75. The number of rotatable bonds is 6. The first kappa shape index (κ1) is 13.3. The molecule has 0 spiro atoms. The van der Waals surface area contributed by atoms with Crippen LogP contribution in [0.15, 0.2) is 18.2 Å². The Morgan fingerprint density at radius 2 is 2.24 bits per heavy atom. The zero-order valence-electron chi connectivity index (χ0n) is 9.72. The van der Waals surface area contributed by atoms with Gasteiger partial charge in [0.2, 0.25) is 0 Å². The molecule has 4 N–H and O–H groups in total. The number of ether oxygens (including phenoxy) is 1. The zero-order valence-corrected chi connectivity index (χ0v) is 9.72. The largest absolute Gasteiger partial charge is 0.504 e. The number of aromatic hydroxyl groups is 1. The first-order chi connectivity index (χ1) is 8.02. The Labute approximate surface area is 99.8 Å². The molecule has 5 nitrogen and oxygen atoms in total. The molecule has 17 heavy (non-hydrogen) atoms. The summed E-state index contributed by atoms with van der Waals surface area (Å²) in [5.41, 5.74) is 6.62. The molecule has 0 saturated carbocycles. The lowest BCUT2D eigenvalue weighted by molar-refractivity contribution is -0.137. The quantitative estimate of drug-likeness (QED) is 0.692. The van der Waals surface area contributed by atoms with Gasteiger partial charge in [0.25, 0.3) is 0 Å². The van der Waals surface area contributed by atoms with E-state index in [9.17, 15) is 9.90 Å². The van der Waals surface area contributed by atoms with Crippen molar-refractivity contribution in [2.24, 2.45) is 5.73 Å². The molecule has 0 amide bonds. The van der Waals surface area contributed by atoms with Gasteiger partial charge in [0.1, 0.15) is 0 Å². The lowest BCUT2D eigenvalue weighted by Gasteiger charge is -2.10. The molecule has 0 aliphatic rings. The van der Waals surface area contributed by atoms with Crippen LogP contribution in [0.4, 0.5) is 0 Å². The number of methoxy groups -OCH3 is 1. The number of hydrogen-bond donors (Lipinski definition) is 3. The van der Waals surface area contributed by atoms with E-state index in [0.29, 0.717) is 18.6 Å².